The van der Waals surface area contributed by atoms with E-state index in [-0.39, 0.29) is 36.6 Å². The first-order chi connectivity index (χ1) is 15.2. The highest BCUT2D eigenvalue weighted by molar-refractivity contribution is 7.91. The first kappa shape index (κ1) is 23.9. The minimum atomic E-state index is -3.45. The molecule has 0 N–H and O–H groups in total. The predicted molar refractivity (Wildman–Crippen MR) is 124 cm³/mol. The largest absolute Gasteiger partial charge is 0.465 e. The molecule has 7 nitrogen and oxygen atoms in total. The number of aryl methyl sites for hydroxylation is 2. The molecule has 0 bridgehead atoms. The summed E-state index contributed by atoms with van der Waals surface area (Å²) in [7, 11) is -3.45. The topological polar surface area (TPSA) is 94.8 Å². The van der Waals surface area contributed by atoms with Gasteiger partial charge in [-0.25, -0.2) is 8.42 Å². The van der Waals surface area contributed by atoms with Crippen molar-refractivity contribution >= 4 is 43.3 Å². The summed E-state index contributed by atoms with van der Waals surface area (Å²) < 4.78 is 32.5. The number of ether oxygens (including phenoxy) is 1. The van der Waals surface area contributed by atoms with Gasteiger partial charge in [0, 0.05) is 6.42 Å². The quantitative estimate of drug-likeness (QED) is 0.465. The van der Waals surface area contributed by atoms with Crippen molar-refractivity contribution in [1.82, 2.24) is 4.57 Å². The third kappa shape index (κ3) is 5.72. The van der Waals surface area contributed by atoms with Gasteiger partial charge in [0.25, 0.3) is 0 Å². The lowest BCUT2D eigenvalue weighted by Gasteiger charge is -2.06. The number of carbonyl (C=O) groups is 2. The highest BCUT2D eigenvalue weighted by atomic mass is 32.2. The molecule has 0 saturated carbocycles. The second kappa shape index (κ2) is 10.2. The molecule has 0 spiro atoms. The second-order valence-corrected chi connectivity index (χ2v) is 10.5. The molecule has 9 heteroatoms. The van der Waals surface area contributed by atoms with Crippen LogP contribution < -0.4 is 4.80 Å². The number of rotatable bonds is 8. The lowest BCUT2D eigenvalue weighted by Crippen LogP contribution is -2.23. The SMILES string of the molecule is CCOC(=O)Cn1c(=NC(=O)CCCS(=O)(=O)c2ccccc2)sc2c(C)cc(C)cc21. The number of fused-ring (bicyclic) bond motifs is 1. The van der Waals surface area contributed by atoms with Crippen LogP contribution in [0, 0.1) is 13.8 Å². The van der Waals surface area contributed by atoms with Crippen LogP contribution >= 0.6 is 11.3 Å². The molecule has 0 radical (unpaired) electrons. The molecule has 0 fully saturated rings. The third-order valence-electron chi connectivity index (χ3n) is 4.83. The van der Waals surface area contributed by atoms with E-state index in [9.17, 15) is 18.0 Å². The molecular weight excluding hydrogens is 448 g/mol. The molecular formula is C23H26N2O5S2. The minimum Gasteiger partial charge on any atom is -0.465 e. The maximum Gasteiger partial charge on any atom is 0.326 e. The number of amides is 1. The lowest BCUT2D eigenvalue weighted by molar-refractivity contribution is -0.143. The second-order valence-electron chi connectivity index (χ2n) is 7.45. The van der Waals surface area contributed by atoms with Gasteiger partial charge in [0.1, 0.15) is 6.54 Å². The van der Waals surface area contributed by atoms with Crippen LogP contribution in [0.3, 0.4) is 0 Å². The smallest absolute Gasteiger partial charge is 0.326 e. The molecule has 32 heavy (non-hydrogen) atoms. The summed E-state index contributed by atoms with van der Waals surface area (Å²) in [4.78, 5) is 29.5. The van der Waals surface area contributed by atoms with Gasteiger partial charge in [-0.2, -0.15) is 4.99 Å². The Balaban J connectivity index is 1.84. The molecule has 3 aromatic rings. The molecule has 0 aliphatic heterocycles. The molecule has 0 saturated heterocycles. The van der Waals surface area contributed by atoms with Crippen LogP contribution in [0.4, 0.5) is 0 Å². The zero-order valence-electron chi connectivity index (χ0n) is 18.3. The predicted octanol–water partition coefficient (Wildman–Crippen LogP) is 3.56. The van der Waals surface area contributed by atoms with Crippen molar-refractivity contribution in [2.24, 2.45) is 4.99 Å². The van der Waals surface area contributed by atoms with Gasteiger partial charge >= 0.3 is 5.97 Å². The molecule has 0 unspecified atom stereocenters. The highest BCUT2D eigenvalue weighted by Crippen LogP contribution is 2.23. The molecule has 2 aromatic carbocycles. The van der Waals surface area contributed by atoms with Gasteiger partial charge in [-0.05, 0) is 56.5 Å². The van der Waals surface area contributed by atoms with Crippen molar-refractivity contribution in [3.05, 3.63) is 58.4 Å². The van der Waals surface area contributed by atoms with Gasteiger partial charge in [-0.3, -0.25) is 9.59 Å². The van der Waals surface area contributed by atoms with Crippen LogP contribution in [0.25, 0.3) is 10.2 Å². The van der Waals surface area contributed by atoms with E-state index in [0.717, 1.165) is 21.3 Å². The van der Waals surface area contributed by atoms with E-state index in [2.05, 4.69) is 4.99 Å². The van der Waals surface area contributed by atoms with Crippen LogP contribution in [0.15, 0.2) is 52.4 Å². The average Bonchev–Trinajstić information content (AvgIpc) is 3.06. The number of hydrogen-bond acceptors (Lipinski definition) is 6. The number of aromatic nitrogens is 1. The number of thiazole rings is 1. The number of nitrogens with zero attached hydrogens (tertiary/aromatic N) is 2. The Morgan fingerprint density at radius 1 is 1.12 bits per heavy atom. The van der Waals surface area contributed by atoms with Crippen LogP contribution in [0.5, 0.6) is 0 Å². The van der Waals surface area contributed by atoms with Crippen molar-refractivity contribution in [3.8, 4) is 0 Å². The number of hydrogen-bond donors (Lipinski definition) is 0. The number of esters is 1. The maximum absolute atomic E-state index is 12.5. The van der Waals surface area contributed by atoms with Crippen molar-refractivity contribution in [3.63, 3.8) is 0 Å². The van der Waals surface area contributed by atoms with E-state index in [0.29, 0.717) is 4.80 Å². The molecule has 1 aromatic heterocycles. The van der Waals surface area contributed by atoms with Gasteiger partial charge in [-0.15, -0.1) is 0 Å². The van der Waals surface area contributed by atoms with E-state index >= 15 is 0 Å². The monoisotopic (exact) mass is 474 g/mol. The van der Waals surface area contributed by atoms with Crippen molar-refractivity contribution in [2.45, 2.75) is 45.1 Å². The standard InChI is InChI=1S/C23H26N2O5S2/c1-4-30-21(27)15-25-19-14-16(2)13-17(3)22(19)31-23(25)24-20(26)11-8-12-32(28,29)18-9-6-5-7-10-18/h5-7,9-10,13-14H,4,8,11-12,15H2,1-3H3. The summed E-state index contributed by atoms with van der Waals surface area (Å²) in [5, 5.41) is 0. The molecule has 3 rings (SSSR count). The minimum absolute atomic E-state index is 0.00226. The maximum atomic E-state index is 12.5. The highest BCUT2D eigenvalue weighted by Gasteiger charge is 2.16. The molecule has 1 heterocycles. The Morgan fingerprint density at radius 2 is 1.84 bits per heavy atom. The Bertz CT molecular complexity index is 1310. The molecule has 0 aliphatic rings. The normalized spacial score (nSPS) is 12.3. The van der Waals surface area contributed by atoms with E-state index in [1.165, 1.54) is 11.3 Å². The van der Waals surface area contributed by atoms with Gasteiger partial charge < -0.3 is 9.30 Å². The van der Waals surface area contributed by atoms with Crippen LogP contribution in [-0.2, 0) is 30.7 Å². The van der Waals surface area contributed by atoms with Gasteiger partial charge in [0.15, 0.2) is 14.6 Å². The van der Waals surface area contributed by atoms with Gasteiger partial charge in [-0.1, -0.05) is 35.6 Å². The zero-order valence-corrected chi connectivity index (χ0v) is 20.0. The fourth-order valence-corrected chi connectivity index (χ4v) is 5.84. The summed E-state index contributed by atoms with van der Waals surface area (Å²) in [6.45, 7) is 5.89. The molecule has 1 amide bonds. The summed E-state index contributed by atoms with van der Waals surface area (Å²) in [5.74, 6) is -0.966. The first-order valence-electron chi connectivity index (χ1n) is 10.3. The number of benzene rings is 2. The Hall–Kier alpha value is -2.78. The third-order valence-corrected chi connectivity index (χ3v) is 7.88. The lowest BCUT2D eigenvalue weighted by atomic mass is 10.1. The van der Waals surface area contributed by atoms with Crippen LogP contribution in [0.1, 0.15) is 30.9 Å². The van der Waals surface area contributed by atoms with E-state index in [1.807, 2.05) is 26.0 Å². The number of sulfone groups is 1. The van der Waals surface area contributed by atoms with E-state index in [4.69, 9.17) is 4.74 Å². The fourth-order valence-electron chi connectivity index (χ4n) is 3.41. The van der Waals surface area contributed by atoms with E-state index in [1.54, 1.807) is 41.8 Å². The first-order valence-corrected chi connectivity index (χ1v) is 12.8. The van der Waals surface area contributed by atoms with Crippen molar-refractivity contribution in [1.29, 1.82) is 0 Å². The number of carbonyl (C=O) groups excluding carboxylic acids is 2. The van der Waals surface area contributed by atoms with Crippen molar-refractivity contribution < 1.29 is 22.7 Å². The molecule has 0 aliphatic carbocycles. The van der Waals surface area contributed by atoms with Gasteiger partial charge in [0.2, 0.25) is 5.91 Å². The van der Waals surface area contributed by atoms with Crippen LogP contribution in [0.2, 0.25) is 0 Å². The zero-order chi connectivity index (χ0) is 23.3. The van der Waals surface area contributed by atoms with Crippen LogP contribution in [-0.4, -0.2) is 37.2 Å². The fraction of sp³-hybridized carbons (Fsp3) is 0.348. The Labute approximate surface area is 191 Å². The summed E-state index contributed by atoms with van der Waals surface area (Å²) in [6, 6.07) is 12.2. The summed E-state index contributed by atoms with van der Waals surface area (Å²) >= 11 is 1.33. The van der Waals surface area contributed by atoms with E-state index < -0.39 is 21.7 Å². The Kier molecular flexibility index (Phi) is 7.63. The Morgan fingerprint density at radius 3 is 2.53 bits per heavy atom. The average molecular weight is 475 g/mol. The van der Waals surface area contributed by atoms with Gasteiger partial charge in [0.05, 0.1) is 27.5 Å². The summed E-state index contributed by atoms with van der Waals surface area (Å²) in [6.07, 6.45) is 0.165. The van der Waals surface area contributed by atoms with Crippen molar-refractivity contribution in [2.75, 3.05) is 12.4 Å². The molecule has 0 atom stereocenters. The molecule has 170 valence electrons. The summed E-state index contributed by atoms with van der Waals surface area (Å²) in [5.41, 5.74) is 2.89.